The van der Waals surface area contributed by atoms with E-state index in [1.54, 1.807) is 30.5 Å². The molecule has 0 bridgehead atoms. The van der Waals surface area contributed by atoms with E-state index in [2.05, 4.69) is 26.2 Å². The third-order valence-electron chi connectivity index (χ3n) is 4.45. The van der Waals surface area contributed by atoms with Crippen molar-refractivity contribution >= 4 is 39.1 Å². The molecule has 0 aliphatic heterocycles. The minimum atomic E-state index is -0.242. The van der Waals surface area contributed by atoms with Gasteiger partial charge in [0.05, 0.1) is 11.8 Å². The zero-order valence-electron chi connectivity index (χ0n) is 15.4. The van der Waals surface area contributed by atoms with Crippen LogP contribution in [0.3, 0.4) is 0 Å². The second-order valence-corrected chi connectivity index (χ2v) is 7.85. The van der Waals surface area contributed by atoms with Gasteiger partial charge in [0, 0.05) is 26.3 Å². The molecule has 4 aromatic rings. The maximum absolute atomic E-state index is 12.9. The van der Waals surface area contributed by atoms with Crippen molar-refractivity contribution in [3.05, 3.63) is 93.5 Å². The van der Waals surface area contributed by atoms with Gasteiger partial charge in [-0.3, -0.25) is 4.79 Å². The second kappa shape index (κ2) is 8.23. The molecule has 4 rings (SSSR count). The van der Waals surface area contributed by atoms with Crippen LogP contribution in [0.4, 0.5) is 5.69 Å². The Morgan fingerprint density at radius 2 is 1.90 bits per heavy atom. The van der Waals surface area contributed by atoms with Crippen LogP contribution in [0.5, 0.6) is 0 Å². The van der Waals surface area contributed by atoms with Crippen molar-refractivity contribution in [2.45, 2.75) is 6.92 Å². The fraction of sp³-hybridized carbons (Fsp3) is 0.0435. The summed E-state index contributed by atoms with van der Waals surface area (Å²) in [6, 6.07) is 20.3. The molecule has 0 aliphatic carbocycles. The van der Waals surface area contributed by atoms with Crippen LogP contribution in [0.15, 0.2) is 81.8 Å². The molecular weight excluding hydrogens is 452 g/mol. The summed E-state index contributed by atoms with van der Waals surface area (Å²) in [5, 5.41) is 3.56. The van der Waals surface area contributed by atoms with Gasteiger partial charge in [-0.1, -0.05) is 51.8 Å². The summed E-state index contributed by atoms with van der Waals surface area (Å²) in [5.74, 6) is 0.775. The van der Waals surface area contributed by atoms with E-state index >= 15 is 0 Å². The van der Waals surface area contributed by atoms with Gasteiger partial charge in [-0.05, 0) is 55.0 Å². The number of nitrogens with zero attached hydrogens (tertiary/aromatic N) is 1. The average molecular weight is 468 g/mol. The van der Waals surface area contributed by atoms with E-state index in [9.17, 15) is 4.79 Å². The van der Waals surface area contributed by atoms with E-state index in [0.717, 1.165) is 15.6 Å². The second-order valence-electron chi connectivity index (χ2n) is 6.50. The maximum Gasteiger partial charge on any atom is 0.256 e. The highest BCUT2D eigenvalue weighted by Gasteiger charge is 2.17. The van der Waals surface area contributed by atoms with Crippen molar-refractivity contribution in [1.82, 2.24) is 4.98 Å². The Morgan fingerprint density at radius 3 is 2.69 bits per heavy atom. The molecule has 1 aromatic heterocycles. The Labute approximate surface area is 181 Å². The summed E-state index contributed by atoms with van der Waals surface area (Å²) >= 11 is 9.46. The summed E-state index contributed by atoms with van der Waals surface area (Å²) in [4.78, 5) is 17.3. The first-order valence-corrected chi connectivity index (χ1v) is 10.1. The van der Waals surface area contributed by atoms with Crippen molar-refractivity contribution < 1.29 is 9.21 Å². The van der Waals surface area contributed by atoms with E-state index in [-0.39, 0.29) is 5.91 Å². The fourth-order valence-electron chi connectivity index (χ4n) is 3.00. The van der Waals surface area contributed by atoms with Gasteiger partial charge in [0.2, 0.25) is 5.89 Å². The smallest absolute Gasteiger partial charge is 0.256 e. The Morgan fingerprint density at radius 1 is 1.07 bits per heavy atom. The van der Waals surface area contributed by atoms with Crippen LogP contribution in [0.25, 0.3) is 22.8 Å². The summed E-state index contributed by atoms with van der Waals surface area (Å²) < 4.78 is 6.91. The van der Waals surface area contributed by atoms with Crippen LogP contribution in [-0.2, 0) is 0 Å². The fourth-order valence-corrected chi connectivity index (χ4v) is 3.62. The number of benzene rings is 3. The molecule has 1 heterocycles. The molecule has 0 aliphatic rings. The summed E-state index contributed by atoms with van der Waals surface area (Å²) in [5.41, 5.74) is 3.59. The molecule has 0 saturated heterocycles. The molecular formula is C23H16BrClN2O2. The number of aryl methyl sites for hydroxylation is 1. The molecule has 3 aromatic carbocycles. The van der Waals surface area contributed by atoms with Crippen molar-refractivity contribution in [3.63, 3.8) is 0 Å². The molecule has 0 saturated carbocycles. The van der Waals surface area contributed by atoms with Gasteiger partial charge in [-0.2, -0.15) is 0 Å². The first-order chi connectivity index (χ1) is 14.0. The maximum atomic E-state index is 12.9. The van der Waals surface area contributed by atoms with E-state index in [4.69, 9.17) is 16.0 Å². The zero-order chi connectivity index (χ0) is 20.4. The van der Waals surface area contributed by atoms with Gasteiger partial charge in [-0.15, -0.1) is 0 Å². The Kier molecular flexibility index (Phi) is 5.51. The van der Waals surface area contributed by atoms with Crippen LogP contribution in [0.1, 0.15) is 15.9 Å². The first-order valence-electron chi connectivity index (χ1n) is 8.90. The van der Waals surface area contributed by atoms with Crippen LogP contribution < -0.4 is 5.32 Å². The van der Waals surface area contributed by atoms with Crippen molar-refractivity contribution in [2.75, 3.05) is 5.32 Å². The number of nitrogens with one attached hydrogen (secondary N) is 1. The third kappa shape index (κ3) is 4.26. The lowest BCUT2D eigenvalue weighted by Gasteiger charge is -2.10. The average Bonchev–Trinajstić information content (AvgIpc) is 3.20. The topological polar surface area (TPSA) is 55.1 Å². The number of halogens is 2. The lowest BCUT2D eigenvalue weighted by Crippen LogP contribution is -2.14. The Hall–Kier alpha value is -2.89. The molecule has 4 nitrogen and oxygen atoms in total. The third-order valence-corrected chi connectivity index (χ3v) is 5.18. The van der Waals surface area contributed by atoms with Crippen LogP contribution in [0.2, 0.25) is 5.02 Å². The van der Waals surface area contributed by atoms with Crippen LogP contribution >= 0.6 is 27.5 Å². The summed E-state index contributed by atoms with van der Waals surface area (Å²) in [7, 11) is 0. The number of amides is 1. The van der Waals surface area contributed by atoms with Crippen LogP contribution in [0, 0.1) is 6.92 Å². The lowest BCUT2D eigenvalue weighted by molar-refractivity contribution is 0.102. The molecule has 0 spiro atoms. The lowest BCUT2D eigenvalue weighted by atomic mass is 10.1. The number of aromatic nitrogens is 1. The van der Waals surface area contributed by atoms with Crippen molar-refractivity contribution in [3.8, 4) is 22.8 Å². The van der Waals surface area contributed by atoms with Crippen LogP contribution in [-0.4, -0.2) is 10.9 Å². The van der Waals surface area contributed by atoms with Gasteiger partial charge in [0.25, 0.3) is 5.91 Å². The van der Waals surface area contributed by atoms with E-state index in [1.165, 1.54) is 0 Å². The molecule has 29 heavy (non-hydrogen) atoms. The SMILES string of the molecule is Cc1cc(Cl)ccc1NC(=O)c1ccccc1-c1ncc(-c2cccc(Br)c2)o1. The quantitative estimate of drug-likeness (QED) is 0.352. The minimum absolute atomic E-state index is 0.242. The largest absolute Gasteiger partial charge is 0.436 e. The zero-order valence-corrected chi connectivity index (χ0v) is 17.8. The molecule has 6 heteroatoms. The number of carbonyl (C=O) groups is 1. The standard InChI is InChI=1S/C23H16BrClN2O2/c1-14-11-17(25)9-10-20(14)27-22(28)18-7-2-3-8-19(18)23-26-13-21(29-23)15-5-4-6-16(24)12-15/h2-13H,1H3,(H,27,28). The predicted octanol–water partition coefficient (Wildman–Crippen LogP) is 6.99. The Bertz CT molecular complexity index is 1200. The highest BCUT2D eigenvalue weighted by Crippen LogP contribution is 2.30. The number of rotatable bonds is 4. The highest BCUT2D eigenvalue weighted by atomic mass is 79.9. The molecule has 1 N–H and O–H groups in total. The van der Waals surface area contributed by atoms with E-state index in [0.29, 0.717) is 33.5 Å². The van der Waals surface area contributed by atoms with Crippen molar-refractivity contribution in [2.24, 2.45) is 0 Å². The molecule has 0 unspecified atom stereocenters. The highest BCUT2D eigenvalue weighted by molar-refractivity contribution is 9.10. The molecule has 0 fully saturated rings. The first kappa shape index (κ1) is 19.4. The minimum Gasteiger partial charge on any atom is -0.436 e. The number of carbonyl (C=O) groups excluding carboxylic acids is 1. The van der Waals surface area contributed by atoms with E-state index < -0.39 is 0 Å². The number of hydrogen-bond donors (Lipinski definition) is 1. The van der Waals surface area contributed by atoms with Gasteiger partial charge in [-0.25, -0.2) is 4.98 Å². The van der Waals surface area contributed by atoms with Gasteiger partial charge in [0.15, 0.2) is 5.76 Å². The van der Waals surface area contributed by atoms with Gasteiger partial charge >= 0.3 is 0 Å². The monoisotopic (exact) mass is 466 g/mol. The van der Waals surface area contributed by atoms with E-state index in [1.807, 2.05) is 49.4 Å². The molecule has 1 amide bonds. The van der Waals surface area contributed by atoms with Crippen molar-refractivity contribution in [1.29, 1.82) is 0 Å². The number of oxazole rings is 1. The number of anilines is 1. The van der Waals surface area contributed by atoms with Gasteiger partial charge in [0.1, 0.15) is 0 Å². The summed E-state index contributed by atoms with van der Waals surface area (Å²) in [6.45, 7) is 1.89. The number of hydrogen-bond acceptors (Lipinski definition) is 3. The Balaban J connectivity index is 1.66. The van der Waals surface area contributed by atoms with Gasteiger partial charge < -0.3 is 9.73 Å². The predicted molar refractivity (Wildman–Crippen MR) is 119 cm³/mol. The molecule has 0 radical (unpaired) electrons. The molecule has 144 valence electrons. The molecule has 0 atom stereocenters. The normalized spacial score (nSPS) is 10.7. The summed E-state index contributed by atoms with van der Waals surface area (Å²) in [6.07, 6.45) is 1.66.